The van der Waals surface area contributed by atoms with Crippen molar-refractivity contribution in [1.82, 2.24) is 5.32 Å². The summed E-state index contributed by atoms with van der Waals surface area (Å²) in [6, 6.07) is -0.823. The molecule has 0 heterocycles. The van der Waals surface area contributed by atoms with Crippen LogP contribution in [0.2, 0.25) is 0 Å². The van der Waals surface area contributed by atoms with E-state index in [2.05, 4.69) is 43.5 Å². The first kappa shape index (κ1) is 55.8. The first-order chi connectivity index (χ1) is 28.1. The molecule has 0 aliphatic carbocycles. The van der Waals surface area contributed by atoms with Gasteiger partial charge in [0.25, 0.3) is 0 Å². The van der Waals surface area contributed by atoms with Gasteiger partial charge in [0.15, 0.2) is 0 Å². The van der Waals surface area contributed by atoms with Crippen LogP contribution in [-0.2, 0) is 4.79 Å². The van der Waals surface area contributed by atoms with E-state index in [0.29, 0.717) is 12.8 Å². The molecule has 4 N–H and O–H groups in total. The quantitative estimate of drug-likeness (QED) is 0.0364. The molecular weight excluding hydrogens is 703 g/mol. The zero-order valence-electron chi connectivity index (χ0n) is 38.5. The monoisotopic (exact) mass is 804 g/mol. The van der Waals surface area contributed by atoms with Gasteiger partial charge in [-0.3, -0.25) is 4.79 Å². The van der Waals surface area contributed by atoms with Crippen molar-refractivity contribution in [2.24, 2.45) is 0 Å². The number of hydrogen-bond acceptors (Lipinski definition) is 4. The Morgan fingerprint density at radius 2 is 0.702 bits per heavy atom. The summed E-state index contributed by atoms with van der Waals surface area (Å²) in [5.74, 6) is -0.152. The molecule has 1 amide bonds. The number of hydrogen-bond donors (Lipinski definition) is 4. The standard InChI is InChI=1S/C52H101NO4/c1-3-5-7-9-11-13-15-17-18-19-20-21-22-23-24-25-26-27-28-29-30-31-32-33-35-37-39-41-43-45-47-51(56)53-49(48-54)52(57)50(55)46-44-42-40-38-36-34-16-14-12-10-8-6-4-2/h23-24,38,40,49-50,52,54-55,57H,3-22,25-37,39,41-48H2,1-2H3,(H,53,56)/b24-23-,40-38+. The van der Waals surface area contributed by atoms with Crippen molar-refractivity contribution in [1.29, 1.82) is 0 Å². The molecule has 0 radical (unpaired) electrons. The van der Waals surface area contributed by atoms with Crippen molar-refractivity contribution in [2.75, 3.05) is 6.61 Å². The van der Waals surface area contributed by atoms with Crippen LogP contribution in [-0.4, -0.2) is 46.1 Å². The van der Waals surface area contributed by atoms with Crippen LogP contribution >= 0.6 is 0 Å². The second-order valence-electron chi connectivity index (χ2n) is 17.7. The van der Waals surface area contributed by atoms with E-state index in [4.69, 9.17) is 0 Å². The summed E-state index contributed by atoms with van der Waals surface area (Å²) >= 11 is 0. The first-order valence-corrected chi connectivity index (χ1v) is 25.6. The summed E-state index contributed by atoms with van der Waals surface area (Å²) in [5, 5.41) is 33.5. The fourth-order valence-corrected chi connectivity index (χ4v) is 8.04. The summed E-state index contributed by atoms with van der Waals surface area (Å²) in [6.45, 7) is 4.18. The van der Waals surface area contributed by atoms with Gasteiger partial charge in [-0.2, -0.15) is 0 Å². The van der Waals surface area contributed by atoms with E-state index >= 15 is 0 Å². The van der Waals surface area contributed by atoms with Crippen LogP contribution in [0.15, 0.2) is 24.3 Å². The molecule has 3 atom stereocenters. The minimum atomic E-state index is -1.16. The Balaban J connectivity index is 3.52. The highest BCUT2D eigenvalue weighted by atomic mass is 16.3. The first-order valence-electron chi connectivity index (χ1n) is 25.6. The lowest BCUT2D eigenvalue weighted by Gasteiger charge is -2.26. The third kappa shape index (κ3) is 42.8. The Kier molecular flexibility index (Phi) is 46.5. The highest BCUT2D eigenvalue weighted by Gasteiger charge is 2.26. The van der Waals surface area contributed by atoms with Crippen LogP contribution in [0.4, 0.5) is 0 Å². The van der Waals surface area contributed by atoms with Crippen LogP contribution in [0.25, 0.3) is 0 Å². The van der Waals surface area contributed by atoms with Crippen LogP contribution in [0.3, 0.4) is 0 Å². The lowest BCUT2D eigenvalue weighted by molar-refractivity contribution is -0.124. The lowest BCUT2D eigenvalue weighted by atomic mass is 10.0. The lowest BCUT2D eigenvalue weighted by Crippen LogP contribution is -2.50. The van der Waals surface area contributed by atoms with Gasteiger partial charge < -0.3 is 20.6 Å². The van der Waals surface area contributed by atoms with Gasteiger partial charge in [-0.15, -0.1) is 0 Å². The van der Waals surface area contributed by atoms with E-state index in [0.717, 1.165) is 38.5 Å². The number of carbonyl (C=O) groups excluding carboxylic acids is 1. The number of unbranched alkanes of at least 4 members (excludes halogenated alkanes) is 35. The van der Waals surface area contributed by atoms with Crippen molar-refractivity contribution in [3.8, 4) is 0 Å². The second-order valence-corrected chi connectivity index (χ2v) is 17.7. The summed E-state index contributed by atoms with van der Waals surface area (Å²) in [4.78, 5) is 12.5. The molecule has 0 aromatic rings. The van der Waals surface area contributed by atoms with E-state index in [1.165, 1.54) is 212 Å². The third-order valence-electron chi connectivity index (χ3n) is 12.0. The van der Waals surface area contributed by atoms with Gasteiger partial charge in [0.1, 0.15) is 6.10 Å². The Morgan fingerprint density at radius 3 is 1.02 bits per heavy atom. The van der Waals surface area contributed by atoms with E-state index in [9.17, 15) is 20.1 Å². The highest BCUT2D eigenvalue weighted by molar-refractivity contribution is 5.76. The fourth-order valence-electron chi connectivity index (χ4n) is 8.04. The Hall–Kier alpha value is -1.17. The molecule has 0 bridgehead atoms. The molecule has 0 aliphatic heterocycles. The van der Waals surface area contributed by atoms with E-state index in [1.54, 1.807) is 0 Å². The molecule has 0 aromatic carbocycles. The Morgan fingerprint density at radius 1 is 0.421 bits per heavy atom. The maximum absolute atomic E-state index is 12.5. The van der Waals surface area contributed by atoms with Gasteiger partial charge in [-0.25, -0.2) is 0 Å². The number of nitrogens with one attached hydrogen (secondary N) is 1. The molecule has 0 fully saturated rings. The zero-order valence-corrected chi connectivity index (χ0v) is 38.5. The smallest absolute Gasteiger partial charge is 0.220 e. The molecule has 57 heavy (non-hydrogen) atoms. The van der Waals surface area contributed by atoms with Crippen molar-refractivity contribution in [2.45, 2.75) is 295 Å². The molecule has 0 aliphatic rings. The van der Waals surface area contributed by atoms with Gasteiger partial charge in [0.2, 0.25) is 5.91 Å². The Labute approximate surface area is 356 Å². The summed E-state index contributed by atoms with van der Waals surface area (Å²) in [5.41, 5.74) is 0. The van der Waals surface area contributed by atoms with Crippen molar-refractivity contribution in [3.05, 3.63) is 24.3 Å². The average Bonchev–Trinajstić information content (AvgIpc) is 3.22. The van der Waals surface area contributed by atoms with Crippen molar-refractivity contribution < 1.29 is 20.1 Å². The average molecular weight is 804 g/mol. The van der Waals surface area contributed by atoms with Gasteiger partial charge in [0, 0.05) is 6.42 Å². The predicted octanol–water partition coefficient (Wildman–Crippen LogP) is 15.3. The molecule has 0 aromatic heterocycles. The molecule has 3 unspecified atom stereocenters. The maximum atomic E-state index is 12.5. The van der Waals surface area contributed by atoms with E-state index in [-0.39, 0.29) is 12.5 Å². The SMILES string of the molecule is CCCCCCCCCC/C=C/CCCC(O)C(O)C(CO)NC(=O)CCCCCCCCCCCCCCCC/C=C\CCCCCCCCCCCCCC. The van der Waals surface area contributed by atoms with Crippen LogP contribution in [0.5, 0.6) is 0 Å². The molecule has 0 rings (SSSR count). The van der Waals surface area contributed by atoms with Crippen LogP contribution in [0.1, 0.15) is 277 Å². The molecule has 5 heteroatoms. The topological polar surface area (TPSA) is 89.8 Å². The van der Waals surface area contributed by atoms with Gasteiger partial charge >= 0.3 is 0 Å². The second kappa shape index (κ2) is 47.5. The molecule has 0 saturated carbocycles. The molecule has 5 nitrogen and oxygen atoms in total. The molecule has 338 valence electrons. The third-order valence-corrected chi connectivity index (χ3v) is 12.0. The van der Waals surface area contributed by atoms with E-state index < -0.39 is 18.2 Å². The van der Waals surface area contributed by atoms with Crippen LogP contribution < -0.4 is 5.32 Å². The van der Waals surface area contributed by atoms with Crippen LogP contribution in [0, 0.1) is 0 Å². The van der Waals surface area contributed by atoms with E-state index in [1.807, 2.05) is 0 Å². The predicted molar refractivity (Wildman–Crippen MR) is 250 cm³/mol. The zero-order chi connectivity index (χ0) is 41.5. The summed E-state index contributed by atoms with van der Waals surface area (Å²) in [7, 11) is 0. The number of aliphatic hydroxyl groups is 3. The Bertz CT molecular complexity index is 844. The van der Waals surface area contributed by atoms with Gasteiger partial charge in [0.05, 0.1) is 18.8 Å². The number of amides is 1. The van der Waals surface area contributed by atoms with Crippen molar-refractivity contribution >= 4 is 5.91 Å². The van der Waals surface area contributed by atoms with Gasteiger partial charge in [-0.1, -0.05) is 231 Å². The van der Waals surface area contributed by atoms with Crippen molar-refractivity contribution in [3.63, 3.8) is 0 Å². The van der Waals surface area contributed by atoms with Gasteiger partial charge in [-0.05, 0) is 64.2 Å². The fraction of sp³-hybridized carbons (Fsp3) is 0.904. The number of carbonyl (C=O) groups is 1. The molecular formula is C52H101NO4. The number of allylic oxidation sites excluding steroid dienone is 4. The number of rotatable bonds is 47. The molecule has 0 saturated heterocycles. The summed E-state index contributed by atoms with van der Waals surface area (Å²) < 4.78 is 0. The summed E-state index contributed by atoms with van der Waals surface area (Å²) in [6.07, 6.45) is 59.0. The largest absolute Gasteiger partial charge is 0.394 e. The minimum Gasteiger partial charge on any atom is -0.394 e. The molecule has 0 spiro atoms. The highest BCUT2D eigenvalue weighted by Crippen LogP contribution is 2.16. The normalized spacial score (nSPS) is 13.6. The number of aliphatic hydroxyl groups excluding tert-OH is 3. The maximum Gasteiger partial charge on any atom is 0.220 e. The minimum absolute atomic E-state index is 0.152.